The molecule has 2 atom stereocenters. The van der Waals surface area contributed by atoms with E-state index in [4.69, 9.17) is 11.0 Å². The van der Waals surface area contributed by atoms with Crippen LogP contribution in [0.3, 0.4) is 0 Å². The zero-order chi connectivity index (χ0) is 22.4. The molecule has 10 heteroatoms. The maximum absolute atomic E-state index is 15.0. The molecule has 0 saturated carbocycles. The number of primary amides is 1. The Morgan fingerprint density at radius 3 is 3.00 bits per heavy atom. The van der Waals surface area contributed by atoms with Gasteiger partial charge in [-0.25, -0.2) is 9.97 Å². The Hall–Kier alpha value is -3.29. The fourth-order valence-corrected chi connectivity index (χ4v) is 3.71. The van der Waals surface area contributed by atoms with Crippen LogP contribution in [0.4, 0.5) is 16.0 Å². The Morgan fingerprint density at radius 2 is 2.29 bits per heavy atom. The summed E-state index contributed by atoms with van der Waals surface area (Å²) in [6, 6.07) is 9.20. The normalized spacial score (nSPS) is 18.9. The molecule has 2 aromatic rings. The van der Waals surface area contributed by atoms with Gasteiger partial charge in [0.15, 0.2) is 11.6 Å². The number of aliphatic hydroxyl groups is 1. The third-order valence-corrected chi connectivity index (χ3v) is 5.33. The molecule has 3 rings (SSSR count). The minimum atomic E-state index is -0.653. The highest BCUT2D eigenvalue weighted by Gasteiger charge is 2.28. The average molecular weight is 427 g/mol. The zero-order valence-corrected chi connectivity index (χ0v) is 17.3. The fourth-order valence-electron chi connectivity index (χ4n) is 3.71. The van der Waals surface area contributed by atoms with Crippen LogP contribution in [0.1, 0.15) is 17.5 Å². The Balaban J connectivity index is 1.61. The molecule has 1 amide bonds. The Kier molecular flexibility index (Phi) is 7.33. The lowest BCUT2D eigenvalue weighted by molar-refractivity contribution is -0.120. The van der Waals surface area contributed by atoms with Gasteiger partial charge in [-0.2, -0.15) is 9.65 Å². The minimum Gasteiger partial charge on any atom is -0.391 e. The summed E-state index contributed by atoms with van der Waals surface area (Å²) in [7, 11) is 1.71. The van der Waals surface area contributed by atoms with Gasteiger partial charge in [-0.3, -0.25) is 9.69 Å². The van der Waals surface area contributed by atoms with E-state index >= 15 is 4.39 Å². The van der Waals surface area contributed by atoms with Gasteiger partial charge in [-0.1, -0.05) is 12.1 Å². The molecular formula is C21H26FN7O2. The van der Waals surface area contributed by atoms with Gasteiger partial charge in [0.1, 0.15) is 6.33 Å². The molecule has 0 spiro atoms. The highest BCUT2D eigenvalue weighted by Crippen LogP contribution is 2.24. The van der Waals surface area contributed by atoms with Crippen molar-refractivity contribution in [3.63, 3.8) is 0 Å². The van der Waals surface area contributed by atoms with E-state index in [0.717, 1.165) is 5.56 Å². The fraction of sp³-hybridized carbons (Fsp3) is 0.429. The van der Waals surface area contributed by atoms with Gasteiger partial charge in [-0.05, 0) is 30.7 Å². The van der Waals surface area contributed by atoms with Gasteiger partial charge in [0.05, 0.1) is 24.3 Å². The van der Waals surface area contributed by atoms with Gasteiger partial charge in [0.2, 0.25) is 11.7 Å². The second kappa shape index (κ2) is 10.1. The van der Waals surface area contributed by atoms with Gasteiger partial charge in [0.25, 0.3) is 0 Å². The zero-order valence-electron chi connectivity index (χ0n) is 17.3. The molecule has 164 valence electrons. The summed E-state index contributed by atoms with van der Waals surface area (Å²) < 4.78 is 15.0. The Morgan fingerprint density at radius 1 is 1.48 bits per heavy atom. The van der Waals surface area contributed by atoms with E-state index in [9.17, 15) is 9.90 Å². The van der Waals surface area contributed by atoms with Crippen molar-refractivity contribution in [1.29, 1.82) is 5.26 Å². The van der Waals surface area contributed by atoms with Gasteiger partial charge in [-0.15, -0.1) is 0 Å². The highest BCUT2D eigenvalue weighted by atomic mass is 19.1. The van der Waals surface area contributed by atoms with Crippen molar-refractivity contribution in [2.45, 2.75) is 19.1 Å². The topological polar surface area (TPSA) is 131 Å². The molecular weight excluding hydrogens is 401 g/mol. The number of amides is 1. The van der Waals surface area contributed by atoms with Crippen LogP contribution in [-0.2, 0) is 11.3 Å². The van der Waals surface area contributed by atoms with Crippen LogP contribution in [0.25, 0.3) is 0 Å². The van der Waals surface area contributed by atoms with E-state index in [1.165, 1.54) is 6.33 Å². The maximum atomic E-state index is 15.0. The van der Waals surface area contributed by atoms with Crippen LogP contribution in [0.5, 0.6) is 0 Å². The molecule has 1 saturated heterocycles. The lowest BCUT2D eigenvalue weighted by atomic mass is 9.94. The lowest BCUT2D eigenvalue weighted by Gasteiger charge is -2.35. The third kappa shape index (κ3) is 5.87. The quantitative estimate of drug-likeness (QED) is 0.561. The summed E-state index contributed by atoms with van der Waals surface area (Å²) in [6.45, 7) is 1.81. The number of nitriles is 1. The molecule has 2 unspecified atom stereocenters. The predicted octanol–water partition coefficient (Wildman–Crippen LogP) is 0.704. The van der Waals surface area contributed by atoms with Gasteiger partial charge >= 0.3 is 0 Å². The van der Waals surface area contributed by atoms with Crippen LogP contribution in [0.2, 0.25) is 0 Å². The number of halogens is 1. The third-order valence-electron chi connectivity index (χ3n) is 5.33. The number of hydrogen-bond donors (Lipinski definition) is 3. The van der Waals surface area contributed by atoms with E-state index in [1.54, 1.807) is 30.1 Å². The first-order valence-corrected chi connectivity index (χ1v) is 10.0. The van der Waals surface area contributed by atoms with Gasteiger partial charge < -0.3 is 21.1 Å². The Bertz CT molecular complexity index is 965. The second-order valence-electron chi connectivity index (χ2n) is 7.73. The van der Waals surface area contributed by atoms with E-state index in [-0.39, 0.29) is 24.1 Å². The van der Waals surface area contributed by atoms with Crippen LogP contribution >= 0.6 is 0 Å². The first-order valence-electron chi connectivity index (χ1n) is 10.0. The number of nitrogens with two attached hydrogens (primary N) is 1. The molecule has 9 nitrogen and oxygen atoms in total. The molecule has 1 aromatic heterocycles. The van der Waals surface area contributed by atoms with Gasteiger partial charge in [0, 0.05) is 32.6 Å². The lowest BCUT2D eigenvalue weighted by Crippen LogP contribution is -2.48. The number of carbonyl (C=O) groups excluding carboxylic acids is 1. The molecule has 2 heterocycles. The molecule has 1 fully saturated rings. The number of nitrogens with zero attached hydrogens (tertiary/aromatic N) is 5. The summed E-state index contributed by atoms with van der Waals surface area (Å²) in [5.74, 6) is -0.913. The molecule has 0 bridgehead atoms. The van der Waals surface area contributed by atoms with E-state index in [2.05, 4.69) is 21.4 Å². The number of piperidine rings is 1. The number of aromatic nitrogens is 2. The number of aliphatic hydroxyl groups excluding tert-OH is 1. The second-order valence-corrected chi connectivity index (χ2v) is 7.73. The molecule has 0 aliphatic carbocycles. The SMILES string of the molecule is CN(Cc1cccc(C#N)c1)c1ncnc(NCC2CCN(CC(N)=O)CC2O)c1F. The number of anilines is 2. The number of nitrogens with one attached hydrogen (secondary N) is 1. The van der Waals surface area contributed by atoms with Crippen molar-refractivity contribution in [3.8, 4) is 6.07 Å². The summed E-state index contributed by atoms with van der Waals surface area (Å²) in [5, 5.41) is 22.4. The first-order chi connectivity index (χ1) is 14.9. The molecule has 4 N–H and O–H groups in total. The number of β-amino-alcohol motifs (C(OH)–C–C–N with tert-alkyl or cyclic N) is 1. The standard InChI is InChI=1S/C21H26FN7O2/c1-28(10-15-4-2-3-14(7-15)8-23)21-19(22)20(26-13-27-21)25-9-16-5-6-29(11-17(16)30)12-18(24)31/h2-4,7,13,16-17,30H,5-6,9-12H2,1H3,(H2,24,31)(H,25,26,27). The van der Waals surface area contributed by atoms with Crippen LogP contribution in [-0.4, -0.2) is 65.2 Å². The van der Waals surface area contributed by atoms with Crippen LogP contribution in [0, 0.1) is 23.1 Å². The molecule has 1 aromatic carbocycles. The summed E-state index contributed by atoms with van der Waals surface area (Å²) in [5.41, 5.74) is 6.61. The minimum absolute atomic E-state index is 0.0643. The van der Waals surface area contributed by atoms with Crippen molar-refractivity contribution < 1.29 is 14.3 Å². The molecule has 0 radical (unpaired) electrons. The number of benzene rings is 1. The average Bonchev–Trinajstić information content (AvgIpc) is 2.73. The summed E-state index contributed by atoms with van der Waals surface area (Å²) in [4.78, 5) is 22.6. The van der Waals surface area contributed by atoms with Crippen molar-refractivity contribution in [1.82, 2.24) is 14.9 Å². The number of hydrogen-bond acceptors (Lipinski definition) is 8. The largest absolute Gasteiger partial charge is 0.391 e. The van der Waals surface area contributed by atoms with E-state index in [0.29, 0.717) is 38.2 Å². The summed E-state index contributed by atoms with van der Waals surface area (Å²) >= 11 is 0. The maximum Gasteiger partial charge on any atom is 0.231 e. The predicted molar refractivity (Wildman–Crippen MR) is 113 cm³/mol. The Labute approximate surface area is 180 Å². The van der Waals surface area contributed by atoms with Crippen molar-refractivity contribution >= 4 is 17.5 Å². The molecule has 1 aliphatic rings. The van der Waals surface area contributed by atoms with E-state index in [1.807, 2.05) is 11.0 Å². The number of likely N-dealkylation sites (tertiary alicyclic amines) is 1. The molecule has 31 heavy (non-hydrogen) atoms. The smallest absolute Gasteiger partial charge is 0.231 e. The molecule has 1 aliphatic heterocycles. The number of rotatable bonds is 8. The van der Waals surface area contributed by atoms with Crippen molar-refractivity contribution in [3.05, 3.63) is 47.5 Å². The monoisotopic (exact) mass is 427 g/mol. The number of carbonyl (C=O) groups is 1. The van der Waals surface area contributed by atoms with Crippen molar-refractivity contribution in [2.24, 2.45) is 11.7 Å². The van der Waals surface area contributed by atoms with Crippen LogP contribution < -0.4 is 16.0 Å². The van der Waals surface area contributed by atoms with Crippen molar-refractivity contribution in [2.75, 3.05) is 43.4 Å². The summed E-state index contributed by atoms with van der Waals surface area (Å²) in [6.07, 6.45) is 1.28. The van der Waals surface area contributed by atoms with E-state index < -0.39 is 17.8 Å². The van der Waals surface area contributed by atoms with Crippen LogP contribution in [0.15, 0.2) is 30.6 Å². The highest BCUT2D eigenvalue weighted by molar-refractivity contribution is 5.75. The first kappa shape index (κ1) is 22.4.